The Balaban J connectivity index is 2.47. The quantitative estimate of drug-likeness (QED) is 0.501. The lowest BCUT2D eigenvalue weighted by Gasteiger charge is -2.17. The first-order valence-electron chi connectivity index (χ1n) is 6.79. The van der Waals surface area contributed by atoms with Crippen molar-refractivity contribution in [1.82, 2.24) is 0 Å². The molecule has 1 aliphatic heterocycles. The fourth-order valence-corrected chi connectivity index (χ4v) is 2.29. The SMILES string of the molecule is CCCCCCC1=NC(C)(CC(C)C)C(=O)O1. The van der Waals surface area contributed by atoms with E-state index in [-0.39, 0.29) is 5.97 Å². The molecule has 0 spiro atoms. The average molecular weight is 239 g/mol. The van der Waals surface area contributed by atoms with E-state index in [1.54, 1.807) is 0 Å². The highest BCUT2D eigenvalue weighted by molar-refractivity contribution is 5.99. The van der Waals surface area contributed by atoms with Crippen molar-refractivity contribution in [3.63, 3.8) is 0 Å². The maximum absolute atomic E-state index is 11.8. The number of carbonyl (C=O) groups is 1. The van der Waals surface area contributed by atoms with Crippen LogP contribution in [0.1, 0.15) is 66.2 Å². The summed E-state index contributed by atoms with van der Waals surface area (Å²) in [7, 11) is 0. The first-order chi connectivity index (χ1) is 7.98. The Morgan fingerprint density at radius 1 is 1.29 bits per heavy atom. The average Bonchev–Trinajstić information content (AvgIpc) is 2.48. The van der Waals surface area contributed by atoms with Gasteiger partial charge in [-0.3, -0.25) is 0 Å². The molecule has 0 aromatic carbocycles. The van der Waals surface area contributed by atoms with E-state index >= 15 is 0 Å². The molecule has 0 aromatic heterocycles. The highest BCUT2D eigenvalue weighted by atomic mass is 16.6. The monoisotopic (exact) mass is 239 g/mol. The maximum atomic E-state index is 11.8. The van der Waals surface area contributed by atoms with Crippen LogP contribution >= 0.6 is 0 Å². The third-order valence-electron chi connectivity index (χ3n) is 3.07. The van der Waals surface area contributed by atoms with Crippen LogP contribution in [0.4, 0.5) is 0 Å². The fraction of sp³-hybridized carbons (Fsp3) is 0.857. The Morgan fingerprint density at radius 3 is 2.59 bits per heavy atom. The van der Waals surface area contributed by atoms with Crippen LogP contribution in [0.2, 0.25) is 0 Å². The molecule has 1 rings (SSSR count). The van der Waals surface area contributed by atoms with Crippen LogP contribution in [-0.2, 0) is 9.53 Å². The van der Waals surface area contributed by atoms with Gasteiger partial charge in [0.15, 0.2) is 11.4 Å². The van der Waals surface area contributed by atoms with Crippen LogP contribution in [0.15, 0.2) is 4.99 Å². The Labute approximate surface area is 105 Å². The zero-order valence-electron chi connectivity index (χ0n) is 11.6. The molecule has 0 amide bonds. The van der Waals surface area contributed by atoms with Gasteiger partial charge in [0.25, 0.3) is 0 Å². The number of hydrogen-bond donors (Lipinski definition) is 0. The fourth-order valence-electron chi connectivity index (χ4n) is 2.29. The van der Waals surface area contributed by atoms with Gasteiger partial charge in [-0.25, -0.2) is 9.79 Å². The summed E-state index contributed by atoms with van der Waals surface area (Å²) in [5.41, 5.74) is -0.631. The Hall–Kier alpha value is -0.860. The van der Waals surface area contributed by atoms with E-state index in [0.29, 0.717) is 11.8 Å². The van der Waals surface area contributed by atoms with Crippen LogP contribution in [0.25, 0.3) is 0 Å². The first-order valence-corrected chi connectivity index (χ1v) is 6.79. The van der Waals surface area contributed by atoms with Crippen molar-refractivity contribution >= 4 is 11.9 Å². The molecule has 1 atom stereocenters. The summed E-state index contributed by atoms with van der Waals surface area (Å²) in [4.78, 5) is 16.3. The number of cyclic esters (lactones) is 1. The van der Waals surface area contributed by atoms with E-state index in [1.165, 1.54) is 19.3 Å². The second-order valence-corrected chi connectivity index (χ2v) is 5.58. The van der Waals surface area contributed by atoms with Crippen molar-refractivity contribution in [2.45, 2.75) is 71.8 Å². The molecule has 0 bridgehead atoms. The molecule has 1 heterocycles. The number of esters is 1. The minimum Gasteiger partial charge on any atom is -0.410 e. The summed E-state index contributed by atoms with van der Waals surface area (Å²) in [6.45, 7) is 8.28. The van der Waals surface area contributed by atoms with Crippen LogP contribution < -0.4 is 0 Å². The van der Waals surface area contributed by atoms with E-state index in [4.69, 9.17) is 4.74 Å². The molecule has 0 saturated heterocycles. The van der Waals surface area contributed by atoms with Gasteiger partial charge in [-0.05, 0) is 25.7 Å². The molecule has 0 saturated carbocycles. The summed E-state index contributed by atoms with van der Waals surface area (Å²) in [6.07, 6.45) is 6.29. The van der Waals surface area contributed by atoms with E-state index in [9.17, 15) is 4.79 Å². The van der Waals surface area contributed by atoms with Gasteiger partial charge in [0.1, 0.15) is 0 Å². The maximum Gasteiger partial charge on any atom is 0.340 e. The van der Waals surface area contributed by atoms with E-state index < -0.39 is 5.54 Å². The molecule has 0 aromatic rings. The summed E-state index contributed by atoms with van der Waals surface area (Å²) >= 11 is 0. The second kappa shape index (κ2) is 6.18. The van der Waals surface area contributed by atoms with Gasteiger partial charge in [0.05, 0.1) is 0 Å². The van der Waals surface area contributed by atoms with Crippen molar-refractivity contribution in [3.8, 4) is 0 Å². The minimum absolute atomic E-state index is 0.170. The van der Waals surface area contributed by atoms with Gasteiger partial charge >= 0.3 is 5.97 Å². The van der Waals surface area contributed by atoms with Crippen molar-refractivity contribution in [2.75, 3.05) is 0 Å². The van der Waals surface area contributed by atoms with E-state index in [2.05, 4.69) is 25.8 Å². The van der Waals surface area contributed by atoms with Crippen molar-refractivity contribution in [3.05, 3.63) is 0 Å². The molecule has 98 valence electrons. The van der Waals surface area contributed by atoms with Crippen LogP contribution in [0.5, 0.6) is 0 Å². The molecule has 1 unspecified atom stereocenters. The Bertz CT molecular complexity index is 297. The zero-order chi connectivity index (χ0) is 12.9. The van der Waals surface area contributed by atoms with Gasteiger partial charge in [-0.1, -0.05) is 40.0 Å². The molecule has 3 heteroatoms. The molecule has 17 heavy (non-hydrogen) atoms. The molecule has 0 N–H and O–H groups in total. The van der Waals surface area contributed by atoms with Gasteiger partial charge in [0, 0.05) is 6.42 Å². The van der Waals surface area contributed by atoms with E-state index in [1.807, 2.05) is 6.92 Å². The topological polar surface area (TPSA) is 38.7 Å². The largest absolute Gasteiger partial charge is 0.410 e. The molecular formula is C14H25NO2. The number of carbonyl (C=O) groups excluding carboxylic acids is 1. The molecule has 0 fully saturated rings. The minimum atomic E-state index is -0.631. The molecule has 0 aliphatic carbocycles. The predicted molar refractivity (Wildman–Crippen MR) is 70.1 cm³/mol. The number of nitrogens with zero attached hydrogens (tertiary/aromatic N) is 1. The molecule has 1 aliphatic rings. The van der Waals surface area contributed by atoms with Crippen LogP contribution in [0.3, 0.4) is 0 Å². The van der Waals surface area contributed by atoms with Gasteiger partial charge < -0.3 is 4.74 Å². The molecule has 0 radical (unpaired) electrons. The van der Waals surface area contributed by atoms with Gasteiger partial charge in [-0.15, -0.1) is 0 Å². The van der Waals surface area contributed by atoms with Crippen molar-refractivity contribution < 1.29 is 9.53 Å². The number of unbranched alkanes of at least 4 members (excludes halogenated alkanes) is 3. The summed E-state index contributed by atoms with van der Waals surface area (Å²) in [5, 5.41) is 0. The number of aliphatic imine (C=N–C) groups is 1. The van der Waals surface area contributed by atoms with Crippen molar-refractivity contribution in [2.24, 2.45) is 10.9 Å². The lowest BCUT2D eigenvalue weighted by atomic mass is 9.92. The lowest BCUT2D eigenvalue weighted by Crippen LogP contribution is -2.31. The number of rotatable bonds is 7. The normalized spacial score (nSPS) is 24.1. The standard InChI is InChI=1S/C14H25NO2/c1-5-6-7-8-9-12-15-14(4,10-11(2)3)13(16)17-12/h11H,5-10H2,1-4H3. The number of ether oxygens (including phenoxy) is 1. The second-order valence-electron chi connectivity index (χ2n) is 5.58. The Kier molecular flexibility index (Phi) is 5.16. The lowest BCUT2D eigenvalue weighted by molar-refractivity contribution is -0.139. The van der Waals surface area contributed by atoms with Crippen LogP contribution in [0, 0.1) is 5.92 Å². The summed E-state index contributed by atoms with van der Waals surface area (Å²) < 4.78 is 5.27. The molecule has 3 nitrogen and oxygen atoms in total. The summed E-state index contributed by atoms with van der Waals surface area (Å²) in [5.74, 6) is 0.932. The summed E-state index contributed by atoms with van der Waals surface area (Å²) in [6, 6.07) is 0. The smallest absolute Gasteiger partial charge is 0.340 e. The van der Waals surface area contributed by atoms with Gasteiger partial charge in [0.2, 0.25) is 0 Å². The van der Waals surface area contributed by atoms with Crippen molar-refractivity contribution in [1.29, 1.82) is 0 Å². The predicted octanol–water partition coefficient (Wildman–Crippen LogP) is 3.72. The highest BCUT2D eigenvalue weighted by Gasteiger charge is 2.41. The molecular weight excluding hydrogens is 214 g/mol. The highest BCUT2D eigenvalue weighted by Crippen LogP contribution is 2.28. The van der Waals surface area contributed by atoms with E-state index in [0.717, 1.165) is 19.3 Å². The first kappa shape index (κ1) is 14.2. The Morgan fingerprint density at radius 2 is 2.00 bits per heavy atom. The van der Waals surface area contributed by atoms with Crippen LogP contribution in [-0.4, -0.2) is 17.4 Å². The third-order valence-corrected chi connectivity index (χ3v) is 3.07. The number of hydrogen-bond acceptors (Lipinski definition) is 3. The third kappa shape index (κ3) is 4.14. The zero-order valence-corrected chi connectivity index (χ0v) is 11.6. The van der Waals surface area contributed by atoms with Gasteiger partial charge in [-0.2, -0.15) is 0 Å².